The Morgan fingerprint density at radius 3 is 2.59 bits per heavy atom. The molecule has 0 saturated carbocycles. The lowest BCUT2D eigenvalue weighted by atomic mass is 10.2. The minimum absolute atomic E-state index is 0.0272. The highest BCUT2D eigenvalue weighted by Crippen LogP contribution is 2.28. The van der Waals surface area contributed by atoms with Crippen LogP contribution in [0.15, 0.2) is 30.3 Å². The zero-order chi connectivity index (χ0) is 12.3. The molecule has 0 aliphatic heterocycles. The van der Waals surface area contributed by atoms with Gasteiger partial charge >= 0.3 is 0 Å². The molecule has 0 atom stereocenters. The van der Waals surface area contributed by atoms with Crippen molar-refractivity contribution in [3.63, 3.8) is 0 Å². The van der Waals surface area contributed by atoms with Gasteiger partial charge in [0.2, 0.25) is 0 Å². The highest BCUT2D eigenvalue weighted by atomic mass is 35.5. The molecular weight excluding hydrogens is 279 g/mol. The van der Waals surface area contributed by atoms with Crippen molar-refractivity contribution < 1.29 is 9.84 Å². The molecule has 2 nitrogen and oxygen atoms in total. The third kappa shape index (κ3) is 3.36. The van der Waals surface area contributed by atoms with Crippen molar-refractivity contribution in [1.29, 1.82) is 0 Å². The number of rotatable bonds is 4. The van der Waals surface area contributed by atoms with Crippen molar-refractivity contribution in [3.05, 3.63) is 50.1 Å². The van der Waals surface area contributed by atoms with Gasteiger partial charge in [-0.25, -0.2) is 0 Å². The first-order valence-electron chi connectivity index (χ1n) is 4.95. The van der Waals surface area contributed by atoms with Gasteiger partial charge in [0.05, 0.1) is 16.0 Å². The molecule has 0 unspecified atom stereocenters. The predicted molar refractivity (Wildman–Crippen MR) is 71.0 cm³/mol. The van der Waals surface area contributed by atoms with Gasteiger partial charge in [0.15, 0.2) is 0 Å². The third-order valence-electron chi connectivity index (χ3n) is 2.18. The average Bonchev–Trinajstić information content (AvgIpc) is 2.73. The van der Waals surface area contributed by atoms with E-state index in [9.17, 15) is 0 Å². The zero-order valence-electron chi connectivity index (χ0n) is 8.82. The number of ether oxygens (including phenoxy) is 1. The Balaban J connectivity index is 2.04. The molecule has 0 amide bonds. The maximum Gasteiger partial charge on any atom is 0.138 e. The Morgan fingerprint density at radius 2 is 2.00 bits per heavy atom. The molecule has 90 valence electrons. The summed E-state index contributed by atoms with van der Waals surface area (Å²) in [4.78, 5) is 1.04. The molecule has 2 aromatic rings. The lowest BCUT2D eigenvalue weighted by molar-refractivity contribution is 0.281. The first-order chi connectivity index (χ1) is 8.19. The smallest absolute Gasteiger partial charge is 0.138 e. The van der Waals surface area contributed by atoms with Gasteiger partial charge in [-0.3, -0.25) is 0 Å². The van der Waals surface area contributed by atoms with Crippen molar-refractivity contribution in [1.82, 2.24) is 0 Å². The van der Waals surface area contributed by atoms with Crippen molar-refractivity contribution >= 4 is 34.5 Å². The maximum atomic E-state index is 8.95. The molecule has 2 rings (SSSR count). The van der Waals surface area contributed by atoms with E-state index in [4.69, 9.17) is 33.0 Å². The van der Waals surface area contributed by atoms with Gasteiger partial charge < -0.3 is 9.84 Å². The molecule has 1 aromatic carbocycles. The molecule has 1 heterocycles. The molecule has 5 heteroatoms. The topological polar surface area (TPSA) is 29.5 Å². The lowest BCUT2D eigenvalue weighted by Gasteiger charge is -2.07. The molecule has 0 aliphatic rings. The summed E-state index contributed by atoms with van der Waals surface area (Å²) in [6.07, 6.45) is 0. The summed E-state index contributed by atoms with van der Waals surface area (Å²) < 4.78 is 6.31. The van der Waals surface area contributed by atoms with Crippen LogP contribution in [0, 0.1) is 0 Å². The lowest BCUT2D eigenvalue weighted by Crippen LogP contribution is -1.94. The Hall–Kier alpha value is -0.740. The van der Waals surface area contributed by atoms with E-state index in [0.717, 1.165) is 14.8 Å². The van der Waals surface area contributed by atoms with Crippen LogP contribution in [0.4, 0.5) is 0 Å². The summed E-state index contributed by atoms with van der Waals surface area (Å²) in [5.74, 6) is 0.605. The monoisotopic (exact) mass is 288 g/mol. The number of hydrogen-bond donors (Lipinski definition) is 1. The van der Waals surface area contributed by atoms with Crippen LogP contribution in [0.3, 0.4) is 0 Å². The molecule has 1 aromatic heterocycles. The minimum Gasteiger partial charge on any atom is -0.487 e. The van der Waals surface area contributed by atoms with Crippen molar-refractivity contribution in [2.75, 3.05) is 0 Å². The molecule has 0 aliphatic carbocycles. The second-order valence-corrected chi connectivity index (χ2v) is 5.62. The second-order valence-electron chi connectivity index (χ2n) is 3.42. The van der Waals surface area contributed by atoms with Crippen LogP contribution in [0.2, 0.25) is 9.36 Å². The standard InChI is InChI=1S/C12H10Cl2O2S/c13-10-5-8(6-15)1-3-11(10)16-7-9-2-4-12(14)17-9/h1-5,15H,6-7H2. The van der Waals surface area contributed by atoms with Gasteiger partial charge in [-0.15, -0.1) is 11.3 Å². The van der Waals surface area contributed by atoms with Crippen LogP contribution in [-0.4, -0.2) is 5.11 Å². The fraction of sp³-hybridized carbons (Fsp3) is 0.167. The van der Waals surface area contributed by atoms with Crippen LogP contribution in [-0.2, 0) is 13.2 Å². The van der Waals surface area contributed by atoms with Crippen LogP contribution in [0.1, 0.15) is 10.4 Å². The van der Waals surface area contributed by atoms with Crippen LogP contribution in [0.5, 0.6) is 5.75 Å². The molecule has 17 heavy (non-hydrogen) atoms. The summed E-state index contributed by atoms with van der Waals surface area (Å²) in [5.41, 5.74) is 0.765. The maximum absolute atomic E-state index is 8.95. The Kier molecular flexibility index (Phi) is 4.29. The van der Waals surface area contributed by atoms with Gasteiger partial charge in [-0.1, -0.05) is 29.3 Å². The van der Waals surface area contributed by atoms with Gasteiger partial charge in [0, 0.05) is 4.88 Å². The number of benzene rings is 1. The van der Waals surface area contributed by atoms with Gasteiger partial charge in [0.1, 0.15) is 12.4 Å². The molecule has 0 fully saturated rings. The van der Waals surface area contributed by atoms with E-state index in [2.05, 4.69) is 0 Å². The SMILES string of the molecule is OCc1ccc(OCc2ccc(Cl)s2)c(Cl)c1. The highest BCUT2D eigenvalue weighted by Gasteiger charge is 2.04. The van der Waals surface area contributed by atoms with E-state index in [1.807, 2.05) is 12.1 Å². The first kappa shape index (κ1) is 12.7. The first-order valence-corrected chi connectivity index (χ1v) is 6.52. The van der Waals surface area contributed by atoms with Gasteiger partial charge in [0.25, 0.3) is 0 Å². The van der Waals surface area contributed by atoms with Gasteiger partial charge in [-0.05, 0) is 29.8 Å². The van der Waals surface area contributed by atoms with Crippen molar-refractivity contribution in [3.8, 4) is 5.75 Å². The summed E-state index contributed by atoms with van der Waals surface area (Å²) in [6, 6.07) is 8.98. The summed E-state index contributed by atoms with van der Waals surface area (Å²) in [6.45, 7) is 0.413. The summed E-state index contributed by atoms with van der Waals surface area (Å²) >= 11 is 13.3. The summed E-state index contributed by atoms with van der Waals surface area (Å²) in [5, 5.41) is 9.45. The number of halogens is 2. The molecule has 0 bridgehead atoms. The van der Waals surface area contributed by atoms with Crippen molar-refractivity contribution in [2.24, 2.45) is 0 Å². The Bertz CT molecular complexity index is 511. The van der Waals surface area contributed by atoms with Gasteiger partial charge in [-0.2, -0.15) is 0 Å². The van der Waals surface area contributed by atoms with E-state index in [-0.39, 0.29) is 6.61 Å². The van der Waals surface area contributed by atoms with Crippen LogP contribution < -0.4 is 4.74 Å². The average molecular weight is 289 g/mol. The molecular formula is C12H10Cl2O2S. The second kappa shape index (κ2) is 5.74. The van der Waals surface area contributed by atoms with E-state index < -0.39 is 0 Å². The van der Waals surface area contributed by atoms with E-state index >= 15 is 0 Å². The van der Waals surface area contributed by atoms with E-state index in [0.29, 0.717) is 17.4 Å². The molecule has 0 spiro atoms. The number of aliphatic hydroxyl groups is 1. The fourth-order valence-corrected chi connectivity index (χ4v) is 2.60. The highest BCUT2D eigenvalue weighted by molar-refractivity contribution is 7.16. The number of hydrogen-bond acceptors (Lipinski definition) is 3. The molecule has 0 radical (unpaired) electrons. The normalized spacial score (nSPS) is 10.5. The Morgan fingerprint density at radius 1 is 1.18 bits per heavy atom. The Labute approximate surface area is 113 Å². The number of thiophene rings is 1. The van der Waals surface area contributed by atoms with E-state index in [1.54, 1.807) is 18.2 Å². The molecule has 0 saturated heterocycles. The fourth-order valence-electron chi connectivity index (χ4n) is 1.34. The van der Waals surface area contributed by atoms with Crippen LogP contribution in [0.25, 0.3) is 0 Å². The summed E-state index contributed by atoms with van der Waals surface area (Å²) in [7, 11) is 0. The zero-order valence-corrected chi connectivity index (χ0v) is 11.1. The largest absolute Gasteiger partial charge is 0.487 e. The predicted octanol–water partition coefficient (Wildman–Crippen LogP) is 4.13. The molecule has 1 N–H and O–H groups in total. The minimum atomic E-state index is -0.0272. The van der Waals surface area contributed by atoms with Crippen LogP contribution >= 0.6 is 34.5 Å². The number of aliphatic hydroxyl groups excluding tert-OH is 1. The third-order valence-corrected chi connectivity index (χ3v) is 3.68. The van der Waals surface area contributed by atoms with E-state index in [1.165, 1.54) is 11.3 Å². The quantitative estimate of drug-likeness (QED) is 0.917. The van der Waals surface area contributed by atoms with Crippen molar-refractivity contribution in [2.45, 2.75) is 13.2 Å².